The standard InChI is InChI=1S/C15H17NO5S/c1-9(17)22-8-10-5-14(19)16(7-10)11-3-4-12(13(18)6-11)15(20)21-2/h3-4,6,10,18H,5,7-8H2,1-2H3. The molecule has 1 N–H and O–H groups in total. The fourth-order valence-corrected chi connectivity index (χ4v) is 3.04. The van der Waals surface area contributed by atoms with Crippen LogP contribution in [0, 0.1) is 5.92 Å². The average Bonchev–Trinajstić information content (AvgIpc) is 2.85. The van der Waals surface area contributed by atoms with Crippen molar-refractivity contribution in [1.82, 2.24) is 0 Å². The topological polar surface area (TPSA) is 83.9 Å². The Morgan fingerprint density at radius 2 is 2.18 bits per heavy atom. The number of hydrogen-bond acceptors (Lipinski definition) is 6. The molecule has 6 nitrogen and oxygen atoms in total. The molecule has 0 bridgehead atoms. The molecule has 0 aliphatic carbocycles. The second-order valence-corrected chi connectivity index (χ2v) is 6.27. The number of methoxy groups -OCH3 is 1. The van der Waals surface area contributed by atoms with Crippen LogP contribution in [0.4, 0.5) is 5.69 Å². The maximum atomic E-state index is 12.1. The first-order valence-corrected chi connectivity index (χ1v) is 7.76. The normalized spacial score (nSPS) is 17.6. The monoisotopic (exact) mass is 323 g/mol. The van der Waals surface area contributed by atoms with E-state index in [1.807, 2.05) is 0 Å². The Labute approximate surface area is 132 Å². The lowest BCUT2D eigenvalue weighted by atomic mass is 10.1. The highest BCUT2D eigenvalue weighted by molar-refractivity contribution is 8.13. The van der Waals surface area contributed by atoms with Crippen molar-refractivity contribution in [3.63, 3.8) is 0 Å². The maximum Gasteiger partial charge on any atom is 0.341 e. The van der Waals surface area contributed by atoms with Crippen molar-refractivity contribution < 1.29 is 24.2 Å². The van der Waals surface area contributed by atoms with E-state index < -0.39 is 5.97 Å². The maximum absolute atomic E-state index is 12.1. The molecule has 0 saturated carbocycles. The van der Waals surface area contributed by atoms with E-state index >= 15 is 0 Å². The summed E-state index contributed by atoms with van der Waals surface area (Å²) in [5, 5.41) is 9.93. The smallest absolute Gasteiger partial charge is 0.341 e. The van der Waals surface area contributed by atoms with Crippen LogP contribution < -0.4 is 4.90 Å². The summed E-state index contributed by atoms with van der Waals surface area (Å²) in [5.74, 6) is -0.210. The highest BCUT2D eigenvalue weighted by Gasteiger charge is 2.31. The van der Waals surface area contributed by atoms with E-state index in [0.717, 1.165) is 0 Å². The number of phenolic OH excluding ortho intramolecular Hbond substituents is 1. The molecule has 1 aromatic carbocycles. The number of aromatic hydroxyl groups is 1. The second kappa shape index (κ2) is 6.83. The van der Waals surface area contributed by atoms with Gasteiger partial charge in [0.15, 0.2) is 5.12 Å². The summed E-state index contributed by atoms with van der Waals surface area (Å²) in [6.07, 6.45) is 0.375. The minimum atomic E-state index is -0.632. The van der Waals surface area contributed by atoms with Crippen LogP contribution in [0.15, 0.2) is 18.2 Å². The highest BCUT2D eigenvalue weighted by Crippen LogP contribution is 2.31. The fourth-order valence-electron chi connectivity index (χ4n) is 2.35. The van der Waals surface area contributed by atoms with Crippen LogP contribution in [0.2, 0.25) is 0 Å². The van der Waals surface area contributed by atoms with E-state index in [0.29, 0.717) is 24.4 Å². The van der Waals surface area contributed by atoms with Crippen molar-refractivity contribution in [3.05, 3.63) is 23.8 Å². The molecule has 1 aliphatic rings. The number of anilines is 1. The number of hydrogen-bond donors (Lipinski definition) is 1. The van der Waals surface area contributed by atoms with E-state index in [1.165, 1.54) is 37.9 Å². The first-order chi connectivity index (χ1) is 10.4. The Morgan fingerprint density at radius 1 is 1.45 bits per heavy atom. The van der Waals surface area contributed by atoms with Crippen molar-refractivity contribution in [1.29, 1.82) is 0 Å². The highest BCUT2D eigenvalue weighted by atomic mass is 32.2. The van der Waals surface area contributed by atoms with Gasteiger partial charge in [0.1, 0.15) is 11.3 Å². The summed E-state index contributed by atoms with van der Waals surface area (Å²) >= 11 is 1.21. The molecule has 0 spiro atoms. The van der Waals surface area contributed by atoms with Crippen LogP contribution in [0.25, 0.3) is 0 Å². The minimum Gasteiger partial charge on any atom is -0.507 e. The number of thioether (sulfide) groups is 1. The van der Waals surface area contributed by atoms with Crippen LogP contribution in [0.1, 0.15) is 23.7 Å². The molecule has 7 heteroatoms. The quantitative estimate of drug-likeness (QED) is 0.851. The zero-order chi connectivity index (χ0) is 16.3. The molecule has 1 unspecified atom stereocenters. The predicted molar refractivity (Wildman–Crippen MR) is 83.0 cm³/mol. The van der Waals surface area contributed by atoms with Gasteiger partial charge in [-0.3, -0.25) is 9.59 Å². The molecule has 1 atom stereocenters. The number of nitrogens with zero attached hydrogens (tertiary/aromatic N) is 1. The summed E-state index contributed by atoms with van der Waals surface area (Å²) in [7, 11) is 1.23. The molecule has 1 aliphatic heterocycles. The Morgan fingerprint density at radius 3 is 2.77 bits per heavy atom. The van der Waals surface area contributed by atoms with Crippen molar-refractivity contribution in [2.45, 2.75) is 13.3 Å². The molecular weight excluding hydrogens is 306 g/mol. The van der Waals surface area contributed by atoms with Crippen LogP contribution in [-0.4, -0.2) is 41.5 Å². The molecule has 1 saturated heterocycles. The number of amides is 1. The molecule has 1 aromatic rings. The predicted octanol–water partition coefficient (Wildman–Crippen LogP) is 1.81. The second-order valence-electron chi connectivity index (χ2n) is 5.07. The SMILES string of the molecule is COC(=O)c1ccc(N2CC(CSC(C)=O)CC2=O)cc1O. The number of esters is 1. The van der Waals surface area contributed by atoms with Crippen molar-refractivity contribution in [2.24, 2.45) is 5.92 Å². The van der Waals surface area contributed by atoms with E-state index in [2.05, 4.69) is 4.74 Å². The Hall–Kier alpha value is -2.02. The van der Waals surface area contributed by atoms with Gasteiger partial charge in [-0.25, -0.2) is 4.79 Å². The molecule has 1 fully saturated rings. The molecular formula is C15H17NO5S. The number of carbonyl (C=O) groups is 3. The number of phenols is 1. The third-order valence-corrected chi connectivity index (χ3v) is 4.47. The average molecular weight is 323 g/mol. The number of carbonyl (C=O) groups excluding carboxylic acids is 3. The zero-order valence-electron chi connectivity index (χ0n) is 12.4. The Kier molecular flexibility index (Phi) is 5.07. The van der Waals surface area contributed by atoms with Gasteiger partial charge in [0.2, 0.25) is 5.91 Å². The summed E-state index contributed by atoms with van der Waals surface area (Å²) in [6, 6.07) is 4.41. The first kappa shape index (κ1) is 16.4. The van der Waals surface area contributed by atoms with Gasteiger partial charge in [0.25, 0.3) is 0 Å². The lowest BCUT2D eigenvalue weighted by Crippen LogP contribution is -2.24. The minimum absolute atomic E-state index is 0.0333. The van der Waals surface area contributed by atoms with Crippen LogP contribution in [0.5, 0.6) is 5.75 Å². The van der Waals surface area contributed by atoms with Gasteiger partial charge in [-0.1, -0.05) is 11.8 Å². The van der Waals surface area contributed by atoms with Crippen molar-refractivity contribution in [3.8, 4) is 5.75 Å². The summed E-state index contributed by atoms with van der Waals surface area (Å²) in [6.45, 7) is 2.00. The lowest BCUT2D eigenvalue weighted by Gasteiger charge is -2.17. The van der Waals surface area contributed by atoms with Crippen molar-refractivity contribution in [2.75, 3.05) is 24.3 Å². The van der Waals surface area contributed by atoms with Crippen LogP contribution >= 0.6 is 11.8 Å². The van der Waals surface area contributed by atoms with Gasteiger partial charge < -0.3 is 14.7 Å². The molecule has 1 heterocycles. The third kappa shape index (κ3) is 3.59. The number of benzene rings is 1. The van der Waals surface area contributed by atoms with Gasteiger partial charge in [-0.15, -0.1) is 0 Å². The summed E-state index contributed by atoms with van der Waals surface area (Å²) in [5.41, 5.74) is 0.590. The first-order valence-electron chi connectivity index (χ1n) is 6.77. The molecule has 2 rings (SSSR count). The zero-order valence-corrected chi connectivity index (χ0v) is 13.2. The van der Waals surface area contributed by atoms with Crippen LogP contribution in [-0.2, 0) is 14.3 Å². The van der Waals surface area contributed by atoms with Gasteiger partial charge >= 0.3 is 5.97 Å². The lowest BCUT2D eigenvalue weighted by molar-refractivity contribution is -0.117. The molecule has 118 valence electrons. The largest absolute Gasteiger partial charge is 0.507 e. The van der Waals surface area contributed by atoms with E-state index in [4.69, 9.17) is 0 Å². The van der Waals surface area contributed by atoms with E-state index in [9.17, 15) is 19.5 Å². The molecule has 22 heavy (non-hydrogen) atoms. The number of rotatable bonds is 4. The fraction of sp³-hybridized carbons (Fsp3) is 0.400. The Bertz CT molecular complexity index is 616. The third-order valence-electron chi connectivity index (χ3n) is 3.43. The summed E-state index contributed by atoms with van der Waals surface area (Å²) < 4.78 is 4.56. The molecule has 1 amide bonds. The van der Waals surface area contributed by atoms with E-state index in [1.54, 1.807) is 11.0 Å². The molecule has 0 radical (unpaired) electrons. The van der Waals surface area contributed by atoms with Crippen LogP contribution in [0.3, 0.4) is 0 Å². The summed E-state index contributed by atoms with van der Waals surface area (Å²) in [4.78, 5) is 36.1. The Balaban J connectivity index is 2.12. The van der Waals surface area contributed by atoms with E-state index in [-0.39, 0.29) is 28.3 Å². The van der Waals surface area contributed by atoms with Gasteiger partial charge in [0, 0.05) is 37.4 Å². The van der Waals surface area contributed by atoms with Gasteiger partial charge in [0.05, 0.1) is 7.11 Å². The number of ether oxygens (including phenoxy) is 1. The molecule has 0 aromatic heterocycles. The van der Waals surface area contributed by atoms with Gasteiger partial charge in [-0.2, -0.15) is 0 Å². The van der Waals surface area contributed by atoms with Gasteiger partial charge in [-0.05, 0) is 18.1 Å². The van der Waals surface area contributed by atoms with Crippen molar-refractivity contribution >= 4 is 34.4 Å².